The van der Waals surface area contributed by atoms with Crippen LogP contribution >= 0.6 is 0 Å². The maximum Gasteiger partial charge on any atom is 0.225 e. The van der Waals surface area contributed by atoms with Gasteiger partial charge in [-0.25, -0.2) is 4.39 Å². The highest BCUT2D eigenvalue weighted by Crippen LogP contribution is 2.37. The molecule has 2 fully saturated rings. The summed E-state index contributed by atoms with van der Waals surface area (Å²) in [6.45, 7) is 1.88. The summed E-state index contributed by atoms with van der Waals surface area (Å²) in [6.07, 6.45) is 7.15. The third-order valence-corrected chi connectivity index (χ3v) is 6.13. The molecule has 1 aromatic carbocycles. The van der Waals surface area contributed by atoms with Gasteiger partial charge in [0.2, 0.25) is 5.91 Å². The van der Waals surface area contributed by atoms with Crippen molar-refractivity contribution in [2.45, 2.75) is 57.0 Å². The lowest BCUT2D eigenvalue weighted by atomic mass is 10.0. The number of nitrogens with zero attached hydrogens (tertiary/aromatic N) is 1. The van der Waals surface area contributed by atoms with Gasteiger partial charge in [0.25, 0.3) is 0 Å². The summed E-state index contributed by atoms with van der Waals surface area (Å²) in [7, 11) is 1.51. The van der Waals surface area contributed by atoms with E-state index in [1.165, 1.54) is 7.11 Å². The minimum atomic E-state index is -0.279. The number of aryl methyl sites for hydroxylation is 1. The third-order valence-electron chi connectivity index (χ3n) is 6.13. The van der Waals surface area contributed by atoms with Gasteiger partial charge in [0, 0.05) is 31.1 Å². The predicted octanol–water partition coefficient (Wildman–Crippen LogP) is 3.20. The molecule has 0 spiro atoms. The van der Waals surface area contributed by atoms with E-state index in [1.54, 1.807) is 6.07 Å². The van der Waals surface area contributed by atoms with Gasteiger partial charge in [-0.3, -0.25) is 4.79 Å². The van der Waals surface area contributed by atoms with Crippen molar-refractivity contribution in [1.29, 1.82) is 0 Å². The topological polar surface area (TPSA) is 41.6 Å². The van der Waals surface area contributed by atoms with Crippen LogP contribution in [0.4, 0.5) is 4.39 Å². The third kappa shape index (κ3) is 3.26. The van der Waals surface area contributed by atoms with Crippen LogP contribution in [0.2, 0.25) is 0 Å². The van der Waals surface area contributed by atoms with E-state index in [4.69, 9.17) is 4.74 Å². The average molecular weight is 346 g/mol. The van der Waals surface area contributed by atoms with Gasteiger partial charge in [-0.1, -0.05) is 0 Å². The highest BCUT2D eigenvalue weighted by atomic mass is 19.1. The second-order valence-corrected chi connectivity index (χ2v) is 7.68. The largest absolute Gasteiger partial charge is 0.494 e. The number of likely N-dealkylation sites (tertiary alicyclic amines) is 1. The molecule has 136 valence electrons. The summed E-state index contributed by atoms with van der Waals surface area (Å²) in [4.78, 5) is 14.6. The Labute approximate surface area is 148 Å². The Kier molecular flexibility index (Phi) is 4.67. The predicted molar refractivity (Wildman–Crippen MR) is 94.1 cm³/mol. The van der Waals surface area contributed by atoms with E-state index >= 15 is 0 Å². The van der Waals surface area contributed by atoms with Gasteiger partial charge in [-0.15, -0.1) is 0 Å². The van der Waals surface area contributed by atoms with Crippen LogP contribution < -0.4 is 10.1 Å². The number of ether oxygens (including phenoxy) is 1. The molecule has 0 bridgehead atoms. The van der Waals surface area contributed by atoms with Crippen molar-refractivity contribution in [2.75, 3.05) is 20.2 Å². The molecule has 3 atom stereocenters. The van der Waals surface area contributed by atoms with Crippen molar-refractivity contribution < 1.29 is 13.9 Å². The van der Waals surface area contributed by atoms with Gasteiger partial charge in [-0.05, 0) is 68.2 Å². The van der Waals surface area contributed by atoms with Gasteiger partial charge in [0.05, 0.1) is 7.11 Å². The van der Waals surface area contributed by atoms with Crippen LogP contribution in [0.25, 0.3) is 0 Å². The highest BCUT2D eigenvalue weighted by molar-refractivity contribution is 5.79. The van der Waals surface area contributed by atoms with E-state index in [0.717, 1.165) is 69.2 Å². The fourth-order valence-electron chi connectivity index (χ4n) is 4.77. The smallest absolute Gasteiger partial charge is 0.225 e. The number of amides is 1. The molecule has 4 nitrogen and oxygen atoms in total. The Morgan fingerprint density at radius 1 is 1.24 bits per heavy atom. The minimum absolute atomic E-state index is 0.180. The van der Waals surface area contributed by atoms with Crippen molar-refractivity contribution in [3.05, 3.63) is 29.1 Å². The summed E-state index contributed by atoms with van der Waals surface area (Å²) < 4.78 is 19.0. The maximum atomic E-state index is 13.9. The van der Waals surface area contributed by atoms with Crippen LogP contribution in [-0.2, 0) is 11.2 Å². The zero-order valence-corrected chi connectivity index (χ0v) is 14.9. The number of rotatable bonds is 4. The van der Waals surface area contributed by atoms with Crippen LogP contribution in [0.1, 0.15) is 55.7 Å². The lowest BCUT2D eigenvalue weighted by Gasteiger charge is -2.22. The monoisotopic (exact) mass is 346 g/mol. The Morgan fingerprint density at radius 3 is 2.80 bits per heavy atom. The molecular formula is C20H27FN2O2. The average Bonchev–Trinajstić information content (AvgIpc) is 3.35. The summed E-state index contributed by atoms with van der Waals surface area (Å²) >= 11 is 0. The highest BCUT2D eigenvalue weighted by Gasteiger charge is 2.35. The van der Waals surface area contributed by atoms with E-state index < -0.39 is 0 Å². The number of carbonyl (C=O) groups is 1. The van der Waals surface area contributed by atoms with Crippen LogP contribution in [-0.4, -0.2) is 37.0 Å². The van der Waals surface area contributed by atoms with Gasteiger partial charge in [0.15, 0.2) is 11.6 Å². The second-order valence-electron chi connectivity index (χ2n) is 7.68. The second kappa shape index (κ2) is 6.94. The Balaban J connectivity index is 1.39. The molecule has 1 N–H and O–H groups in total. The van der Waals surface area contributed by atoms with Crippen LogP contribution in [0, 0.1) is 11.7 Å². The van der Waals surface area contributed by atoms with Crippen molar-refractivity contribution in [3.63, 3.8) is 0 Å². The number of carbonyl (C=O) groups excluding carboxylic acids is 1. The lowest BCUT2D eigenvalue weighted by Crippen LogP contribution is -2.34. The zero-order valence-electron chi connectivity index (χ0n) is 14.9. The molecule has 1 unspecified atom stereocenters. The molecule has 0 radical (unpaired) electrons. The molecule has 3 aliphatic rings. The summed E-state index contributed by atoms with van der Waals surface area (Å²) in [5.74, 6) is 0.580. The van der Waals surface area contributed by atoms with E-state index in [0.29, 0.717) is 17.7 Å². The number of methoxy groups -OCH3 is 1. The molecule has 5 heteroatoms. The van der Waals surface area contributed by atoms with Gasteiger partial charge >= 0.3 is 0 Å². The van der Waals surface area contributed by atoms with E-state index in [1.807, 2.05) is 11.0 Å². The molecule has 25 heavy (non-hydrogen) atoms. The lowest BCUT2D eigenvalue weighted by molar-refractivity contribution is -0.134. The van der Waals surface area contributed by atoms with Crippen molar-refractivity contribution >= 4 is 5.91 Å². The first-order chi connectivity index (χ1) is 12.2. The normalized spacial score (nSPS) is 28.4. The molecular weight excluding hydrogens is 319 g/mol. The zero-order chi connectivity index (χ0) is 17.4. The Bertz CT molecular complexity index is 657. The molecule has 1 amide bonds. The number of fused-ring (bicyclic) bond motifs is 1. The summed E-state index contributed by atoms with van der Waals surface area (Å²) in [6, 6.07) is 4.08. The first-order valence-electron chi connectivity index (χ1n) is 9.57. The van der Waals surface area contributed by atoms with Gasteiger partial charge < -0.3 is 15.0 Å². The molecule has 1 heterocycles. The van der Waals surface area contributed by atoms with Gasteiger partial charge in [-0.2, -0.15) is 0 Å². The standard InChI is InChI=1S/C20H27FN2O2/c1-25-19-12-16-13(11-17(19)21)5-7-18(16)22-15-6-4-14(10-15)20(24)23-8-2-3-9-23/h11-12,14-15,18,22H,2-10H2,1H3/t14-,15+,18?/m1/s1. The Morgan fingerprint density at radius 2 is 2.04 bits per heavy atom. The van der Waals surface area contributed by atoms with Crippen LogP contribution in [0.3, 0.4) is 0 Å². The molecule has 1 saturated heterocycles. The fourth-order valence-corrected chi connectivity index (χ4v) is 4.77. The van der Waals surface area contributed by atoms with Crippen LogP contribution in [0.15, 0.2) is 12.1 Å². The molecule has 1 saturated carbocycles. The molecule has 1 aliphatic heterocycles. The molecule has 2 aliphatic carbocycles. The van der Waals surface area contributed by atoms with E-state index in [9.17, 15) is 9.18 Å². The first-order valence-corrected chi connectivity index (χ1v) is 9.57. The number of hydrogen-bond acceptors (Lipinski definition) is 3. The van der Waals surface area contributed by atoms with Crippen molar-refractivity contribution in [2.24, 2.45) is 5.92 Å². The summed E-state index contributed by atoms with van der Waals surface area (Å²) in [5, 5.41) is 3.73. The van der Waals surface area contributed by atoms with Crippen LogP contribution in [0.5, 0.6) is 5.75 Å². The fraction of sp³-hybridized carbons (Fsp3) is 0.650. The van der Waals surface area contributed by atoms with Crippen molar-refractivity contribution in [3.8, 4) is 5.75 Å². The minimum Gasteiger partial charge on any atom is -0.494 e. The number of hydrogen-bond donors (Lipinski definition) is 1. The number of halogens is 1. The Hall–Kier alpha value is -1.62. The number of benzene rings is 1. The summed E-state index contributed by atoms with van der Waals surface area (Å²) in [5.41, 5.74) is 2.24. The number of nitrogens with one attached hydrogen (secondary N) is 1. The quantitative estimate of drug-likeness (QED) is 0.910. The van der Waals surface area contributed by atoms with Crippen molar-refractivity contribution in [1.82, 2.24) is 10.2 Å². The molecule has 0 aromatic heterocycles. The molecule has 1 aromatic rings. The molecule has 4 rings (SSSR count). The van der Waals surface area contributed by atoms with E-state index in [2.05, 4.69) is 5.32 Å². The first kappa shape index (κ1) is 16.8. The van der Waals surface area contributed by atoms with Gasteiger partial charge in [0.1, 0.15) is 0 Å². The SMILES string of the molecule is COc1cc2c(cc1F)CCC2N[C@H]1CC[C@@H](C(=O)N2CCCC2)C1. The van der Waals surface area contributed by atoms with E-state index in [-0.39, 0.29) is 17.8 Å². The maximum absolute atomic E-state index is 13.9.